The molecule has 0 saturated heterocycles. The molecule has 0 aliphatic heterocycles. The van der Waals surface area contributed by atoms with Gasteiger partial charge < -0.3 is 5.32 Å². The van der Waals surface area contributed by atoms with Crippen molar-refractivity contribution < 1.29 is 8.78 Å². The van der Waals surface area contributed by atoms with E-state index in [0.29, 0.717) is 18.2 Å². The van der Waals surface area contributed by atoms with E-state index in [0.717, 1.165) is 29.9 Å². The largest absolute Gasteiger partial charge is 0.310 e. The predicted octanol–water partition coefficient (Wildman–Crippen LogP) is 3.73. The summed E-state index contributed by atoms with van der Waals surface area (Å²) in [6.45, 7) is 2.73. The lowest BCUT2D eigenvalue weighted by Gasteiger charge is -2.13. The standard InChI is InChI=1S/C14H19F2NS/c1-2-18-14-4-3-13(8-14)17-9-10-5-11(15)7-12(16)6-10/h5-7,13-14,17H,2-4,8-9H2,1H3. The Morgan fingerprint density at radius 1 is 1.22 bits per heavy atom. The van der Waals surface area contributed by atoms with Gasteiger partial charge in [-0.05, 0) is 42.7 Å². The topological polar surface area (TPSA) is 12.0 Å². The smallest absolute Gasteiger partial charge is 0.126 e. The zero-order valence-electron chi connectivity index (χ0n) is 10.6. The first-order valence-electron chi connectivity index (χ1n) is 6.47. The summed E-state index contributed by atoms with van der Waals surface area (Å²) in [6.07, 6.45) is 3.57. The van der Waals surface area contributed by atoms with Gasteiger partial charge in [-0.3, -0.25) is 0 Å². The van der Waals surface area contributed by atoms with E-state index < -0.39 is 11.6 Å². The van der Waals surface area contributed by atoms with Crippen LogP contribution in [-0.4, -0.2) is 17.0 Å². The molecule has 1 aliphatic rings. The maximum atomic E-state index is 13.0. The summed E-state index contributed by atoms with van der Waals surface area (Å²) in [6, 6.07) is 4.18. The Balaban J connectivity index is 1.81. The van der Waals surface area contributed by atoms with E-state index in [1.807, 2.05) is 11.8 Å². The Hall–Kier alpha value is -0.610. The van der Waals surface area contributed by atoms with Gasteiger partial charge >= 0.3 is 0 Å². The van der Waals surface area contributed by atoms with Crippen LogP contribution in [-0.2, 0) is 6.54 Å². The second-order valence-electron chi connectivity index (χ2n) is 4.75. The highest BCUT2D eigenvalue weighted by molar-refractivity contribution is 7.99. The van der Waals surface area contributed by atoms with Crippen molar-refractivity contribution in [2.75, 3.05) is 5.75 Å². The highest BCUT2D eigenvalue weighted by Gasteiger charge is 2.23. The first-order valence-corrected chi connectivity index (χ1v) is 7.52. The van der Waals surface area contributed by atoms with Gasteiger partial charge in [0.1, 0.15) is 11.6 Å². The molecule has 1 saturated carbocycles. The van der Waals surface area contributed by atoms with Crippen molar-refractivity contribution in [3.63, 3.8) is 0 Å². The Morgan fingerprint density at radius 3 is 2.61 bits per heavy atom. The van der Waals surface area contributed by atoms with Crippen LogP contribution in [0.3, 0.4) is 0 Å². The van der Waals surface area contributed by atoms with E-state index in [-0.39, 0.29) is 0 Å². The van der Waals surface area contributed by atoms with Crippen molar-refractivity contribution in [1.82, 2.24) is 5.32 Å². The molecule has 0 bridgehead atoms. The SMILES string of the molecule is CCSC1CCC(NCc2cc(F)cc(F)c2)C1. The molecule has 18 heavy (non-hydrogen) atoms. The van der Waals surface area contributed by atoms with Crippen LogP contribution in [0.2, 0.25) is 0 Å². The van der Waals surface area contributed by atoms with Crippen molar-refractivity contribution in [1.29, 1.82) is 0 Å². The molecule has 100 valence electrons. The third kappa shape index (κ3) is 3.95. The fourth-order valence-electron chi connectivity index (χ4n) is 2.49. The molecule has 2 rings (SSSR count). The Bertz CT molecular complexity index is 377. The van der Waals surface area contributed by atoms with Crippen LogP contribution >= 0.6 is 11.8 Å². The molecule has 2 unspecified atom stereocenters. The summed E-state index contributed by atoms with van der Waals surface area (Å²) in [5, 5.41) is 4.14. The van der Waals surface area contributed by atoms with Crippen LogP contribution in [0, 0.1) is 11.6 Å². The molecule has 1 N–H and O–H groups in total. The maximum Gasteiger partial charge on any atom is 0.126 e. The fourth-order valence-corrected chi connectivity index (χ4v) is 3.63. The van der Waals surface area contributed by atoms with Crippen molar-refractivity contribution in [3.05, 3.63) is 35.4 Å². The first kappa shape index (κ1) is 13.8. The minimum atomic E-state index is -0.502. The lowest BCUT2D eigenvalue weighted by Crippen LogP contribution is -2.26. The van der Waals surface area contributed by atoms with Crippen molar-refractivity contribution in [3.8, 4) is 0 Å². The second-order valence-corrected chi connectivity index (χ2v) is 6.32. The van der Waals surface area contributed by atoms with Gasteiger partial charge in [0.25, 0.3) is 0 Å². The van der Waals surface area contributed by atoms with E-state index in [1.54, 1.807) is 0 Å². The number of rotatable bonds is 5. The van der Waals surface area contributed by atoms with Crippen molar-refractivity contribution >= 4 is 11.8 Å². The molecule has 1 aromatic rings. The zero-order chi connectivity index (χ0) is 13.0. The van der Waals surface area contributed by atoms with E-state index in [1.165, 1.54) is 18.6 Å². The summed E-state index contributed by atoms with van der Waals surface area (Å²) in [5.41, 5.74) is 0.680. The average molecular weight is 271 g/mol. The lowest BCUT2D eigenvalue weighted by atomic mass is 10.2. The quantitative estimate of drug-likeness (QED) is 0.875. The molecule has 0 radical (unpaired) electrons. The van der Waals surface area contributed by atoms with Crippen LogP contribution in [0.4, 0.5) is 8.78 Å². The summed E-state index contributed by atoms with van der Waals surface area (Å²) in [7, 11) is 0. The monoisotopic (exact) mass is 271 g/mol. The number of thioether (sulfide) groups is 1. The van der Waals surface area contributed by atoms with Gasteiger partial charge in [-0.25, -0.2) is 8.78 Å². The molecule has 0 spiro atoms. The minimum absolute atomic E-state index is 0.486. The van der Waals surface area contributed by atoms with E-state index in [4.69, 9.17) is 0 Å². The molecule has 4 heteroatoms. The molecule has 1 fully saturated rings. The van der Waals surface area contributed by atoms with E-state index in [2.05, 4.69) is 12.2 Å². The normalized spacial score (nSPS) is 23.5. The molecule has 2 atom stereocenters. The van der Waals surface area contributed by atoms with Crippen LogP contribution in [0.5, 0.6) is 0 Å². The molecular formula is C14H19F2NS. The lowest BCUT2D eigenvalue weighted by molar-refractivity contribution is 0.518. The van der Waals surface area contributed by atoms with Crippen molar-refractivity contribution in [2.24, 2.45) is 0 Å². The Labute approximate surface area is 111 Å². The summed E-state index contributed by atoms with van der Waals surface area (Å²) in [5.74, 6) is 0.155. The van der Waals surface area contributed by atoms with Gasteiger partial charge in [0.05, 0.1) is 0 Å². The predicted molar refractivity (Wildman–Crippen MR) is 72.8 cm³/mol. The van der Waals surface area contributed by atoms with E-state index >= 15 is 0 Å². The third-order valence-electron chi connectivity index (χ3n) is 3.30. The van der Waals surface area contributed by atoms with Crippen LogP contribution < -0.4 is 5.32 Å². The highest BCUT2D eigenvalue weighted by atomic mass is 32.2. The van der Waals surface area contributed by atoms with Gasteiger partial charge in [0, 0.05) is 23.9 Å². The van der Waals surface area contributed by atoms with Gasteiger partial charge in [-0.15, -0.1) is 0 Å². The molecule has 0 amide bonds. The Morgan fingerprint density at radius 2 is 1.94 bits per heavy atom. The number of nitrogens with one attached hydrogen (secondary N) is 1. The number of hydrogen-bond donors (Lipinski definition) is 1. The molecule has 1 nitrogen and oxygen atoms in total. The zero-order valence-corrected chi connectivity index (χ0v) is 11.4. The molecule has 1 aliphatic carbocycles. The van der Waals surface area contributed by atoms with E-state index in [9.17, 15) is 8.78 Å². The van der Waals surface area contributed by atoms with Crippen LogP contribution in [0.1, 0.15) is 31.7 Å². The summed E-state index contributed by atoms with van der Waals surface area (Å²) >= 11 is 2.01. The summed E-state index contributed by atoms with van der Waals surface area (Å²) in [4.78, 5) is 0. The Kier molecular flexibility index (Phi) is 5.01. The van der Waals surface area contributed by atoms with Gasteiger partial charge in [-0.1, -0.05) is 6.92 Å². The first-order chi connectivity index (χ1) is 8.67. The van der Waals surface area contributed by atoms with Crippen LogP contribution in [0.25, 0.3) is 0 Å². The van der Waals surface area contributed by atoms with Gasteiger partial charge in [-0.2, -0.15) is 11.8 Å². The maximum absolute atomic E-state index is 13.0. The highest BCUT2D eigenvalue weighted by Crippen LogP contribution is 2.29. The molecule has 1 aromatic carbocycles. The third-order valence-corrected chi connectivity index (χ3v) is 4.54. The van der Waals surface area contributed by atoms with Crippen molar-refractivity contribution in [2.45, 2.75) is 44.0 Å². The molecular weight excluding hydrogens is 252 g/mol. The fraction of sp³-hybridized carbons (Fsp3) is 0.571. The number of halogens is 2. The minimum Gasteiger partial charge on any atom is -0.310 e. The van der Waals surface area contributed by atoms with Crippen LogP contribution in [0.15, 0.2) is 18.2 Å². The second kappa shape index (κ2) is 6.53. The van der Waals surface area contributed by atoms with Gasteiger partial charge in [0.15, 0.2) is 0 Å². The van der Waals surface area contributed by atoms with Gasteiger partial charge in [0.2, 0.25) is 0 Å². The summed E-state index contributed by atoms with van der Waals surface area (Å²) < 4.78 is 26.0. The number of benzene rings is 1. The average Bonchev–Trinajstić information content (AvgIpc) is 2.74. The molecule has 0 heterocycles. The number of hydrogen-bond acceptors (Lipinski definition) is 2. The molecule has 0 aromatic heterocycles.